The van der Waals surface area contributed by atoms with Crippen LogP contribution in [0.1, 0.15) is 26.2 Å². The van der Waals surface area contributed by atoms with Crippen LogP contribution in [0.4, 0.5) is 0 Å². The van der Waals surface area contributed by atoms with Crippen LogP contribution in [0.3, 0.4) is 0 Å². The minimum Gasteiger partial charge on any atom is -0.382 e. The Morgan fingerprint density at radius 1 is 1.33 bits per heavy atom. The van der Waals surface area contributed by atoms with Crippen molar-refractivity contribution in [1.82, 2.24) is 5.32 Å². The molecule has 0 aromatic heterocycles. The van der Waals surface area contributed by atoms with E-state index in [0.29, 0.717) is 0 Å². The number of hydrogen-bond donors (Lipinski definition) is 1. The highest BCUT2D eigenvalue weighted by Gasteiger charge is 2.34. The quantitative estimate of drug-likeness (QED) is 0.513. The Labute approximate surface area is 93.1 Å². The summed E-state index contributed by atoms with van der Waals surface area (Å²) >= 11 is 0. The van der Waals surface area contributed by atoms with Crippen molar-refractivity contribution in [2.45, 2.75) is 26.2 Å². The molecule has 2 rings (SSSR count). The highest BCUT2D eigenvalue weighted by atomic mass is 16.5. The van der Waals surface area contributed by atoms with E-state index in [9.17, 15) is 0 Å². The van der Waals surface area contributed by atoms with E-state index in [1.165, 1.54) is 19.4 Å². The topological polar surface area (TPSA) is 21.3 Å². The molecule has 2 aliphatic carbocycles. The lowest BCUT2D eigenvalue weighted by atomic mass is 9.94. The van der Waals surface area contributed by atoms with Crippen LogP contribution in [-0.4, -0.2) is 26.3 Å². The highest BCUT2D eigenvalue weighted by Crippen LogP contribution is 2.42. The average molecular weight is 209 g/mol. The summed E-state index contributed by atoms with van der Waals surface area (Å²) in [5.74, 6) is 2.70. The van der Waals surface area contributed by atoms with Gasteiger partial charge in [0.1, 0.15) is 0 Å². The number of hydrogen-bond acceptors (Lipinski definition) is 2. The first-order valence-corrected chi connectivity index (χ1v) is 6.37. The standard InChI is InChI=1S/C13H23NO/c1-2-15-7-3-6-14-10-13-9-11-4-5-12(13)8-11/h4-5,11-14H,2-3,6-10H2,1H3/t11-,12+,13+/m1/s1. The first-order chi connectivity index (χ1) is 7.40. The van der Waals surface area contributed by atoms with Gasteiger partial charge in [0.05, 0.1) is 0 Å². The summed E-state index contributed by atoms with van der Waals surface area (Å²) in [7, 11) is 0. The third-order valence-corrected chi connectivity index (χ3v) is 3.67. The number of fused-ring (bicyclic) bond motifs is 2. The van der Waals surface area contributed by atoms with Crippen LogP contribution in [0.15, 0.2) is 12.2 Å². The molecule has 15 heavy (non-hydrogen) atoms. The predicted molar refractivity (Wildman–Crippen MR) is 62.8 cm³/mol. The number of nitrogens with one attached hydrogen (secondary N) is 1. The number of allylic oxidation sites excluding steroid dienone is 2. The van der Waals surface area contributed by atoms with Gasteiger partial charge in [0.2, 0.25) is 0 Å². The van der Waals surface area contributed by atoms with E-state index in [0.717, 1.165) is 43.9 Å². The zero-order chi connectivity index (χ0) is 10.5. The Bertz CT molecular complexity index is 215. The lowest BCUT2D eigenvalue weighted by molar-refractivity contribution is 0.144. The molecule has 2 aliphatic rings. The Morgan fingerprint density at radius 3 is 2.93 bits per heavy atom. The maximum Gasteiger partial charge on any atom is 0.0477 e. The molecule has 0 amide bonds. The summed E-state index contributed by atoms with van der Waals surface area (Å²) in [5.41, 5.74) is 0. The van der Waals surface area contributed by atoms with Crippen LogP contribution in [0.5, 0.6) is 0 Å². The highest BCUT2D eigenvalue weighted by molar-refractivity contribution is 5.10. The smallest absolute Gasteiger partial charge is 0.0477 e. The molecule has 0 aromatic rings. The SMILES string of the molecule is CCOCCCNC[C@@H]1C[C@@H]2C=C[C@H]1C2. The van der Waals surface area contributed by atoms with Gasteiger partial charge in [0, 0.05) is 13.2 Å². The molecule has 0 spiro atoms. The molecule has 0 heterocycles. The molecule has 2 nitrogen and oxygen atoms in total. The van der Waals surface area contributed by atoms with Gasteiger partial charge in [-0.2, -0.15) is 0 Å². The van der Waals surface area contributed by atoms with Gasteiger partial charge in [-0.25, -0.2) is 0 Å². The fourth-order valence-corrected chi connectivity index (χ4v) is 2.86. The van der Waals surface area contributed by atoms with E-state index in [-0.39, 0.29) is 0 Å². The second kappa shape index (κ2) is 5.66. The second-order valence-corrected chi connectivity index (χ2v) is 4.79. The van der Waals surface area contributed by atoms with Gasteiger partial charge in [-0.15, -0.1) is 0 Å². The number of ether oxygens (including phenoxy) is 1. The van der Waals surface area contributed by atoms with Crippen LogP contribution in [0, 0.1) is 17.8 Å². The molecule has 0 aromatic carbocycles. The molecule has 1 N–H and O–H groups in total. The fraction of sp³-hybridized carbons (Fsp3) is 0.846. The molecule has 0 aliphatic heterocycles. The monoisotopic (exact) mass is 209 g/mol. The van der Waals surface area contributed by atoms with E-state index in [1.54, 1.807) is 0 Å². The Hall–Kier alpha value is -0.340. The van der Waals surface area contributed by atoms with Crippen LogP contribution in [-0.2, 0) is 4.74 Å². The van der Waals surface area contributed by atoms with Crippen molar-refractivity contribution in [2.24, 2.45) is 17.8 Å². The summed E-state index contributed by atoms with van der Waals surface area (Å²) in [4.78, 5) is 0. The minimum atomic E-state index is 0.844. The maximum absolute atomic E-state index is 5.30. The van der Waals surface area contributed by atoms with Crippen molar-refractivity contribution < 1.29 is 4.74 Å². The van der Waals surface area contributed by atoms with Gasteiger partial charge >= 0.3 is 0 Å². The Balaban J connectivity index is 1.50. The molecule has 2 heteroatoms. The van der Waals surface area contributed by atoms with Crippen molar-refractivity contribution in [1.29, 1.82) is 0 Å². The fourth-order valence-electron chi connectivity index (χ4n) is 2.86. The third-order valence-electron chi connectivity index (χ3n) is 3.67. The summed E-state index contributed by atoms with van der Waals surface area (Å²) in [5, 5.41) is 3.56. The van der Waals surface area contributed by atoms with Crippen LogP contribution in [0.2, 0.25) is 0 Å². The first-order valence-electron chi connectivity index (χ1n) is 6.37. The van der Waals surface area contributed by atoms with Crippen molar-refractivity contribution in [3.63, 3.8) is 0 Å². The van der Waals surface area contributed by atoms with Crippen molar-refractivity contribution in [3.05, 3.63) is 12.2 Å². The molecule has 2 bridgehead atoms. The van der Waals surface area contributed by atoms with Crippen LogP contribution >= 0.6 is 0 Å². The molecule has 3 atom stereocenters. The summed E-state index contributed by atoms with van der Waals surface area (Å²) < 4.78 is 5.30. The van der Waals surface area contributed by atoms with E-state index >= 15 is 0 Å². The summed E-state index contributed by atoms with van der Waals surface area (Å²) in [6.45, 7) is 6.11. The Kier molecular flexibility index (Phi) is 4.21. The van der Waals surface area contributed by atoms with E-state index in [2.05, 4.69) is 24.4 Å². The zero-order valence-electron chi connectivity index (χ0n) is 9.74. The molecule has 0 radical (unpaired) electrons. The van der Waals surface area contributed by atoms with Crippen LogP contribution in [0.25, 0.3) is 0 Å². The molecule has 0 saturated heterocycles. The van der Waals surface area contributed by atoms with Gasteiger partial charge in [0.25, 0.3) is 0 Å². The average Bonchev–Trinajstić information content (AvgIpc) is 2.85. The van der Waals surface area contributed by atoms with Crippen molar-refractivity contribution in [3.8, 4) is 0 Å². The molecule has 1 fully saturated rings. The molecule has 1 saturated carbocycles. The van der Waals surface area contributed by atoms with E-state index in [1.807, 2.05) is 0 Å². The van der Waals surface area contributed by atoms with Crippen molar-refractivity contribution in [2.75, 3.05) is 26.3 Å². The first kappa shape index (κ1) is 11.2. The maximum atomic E-state index is 5.30. The lowest BCUT2D eigenvalue weighted by Gasteiger charge is -2.18. The summed E-state index contributed by atoms with van der Waals surface area (Å²) in [6, 6.07) is 0. The third kappa shape index (κ3) is 3.05. The second-order valence-electron chi connectivity index (χ2n) is 4.79. The zero-order valence-corrected chi connectivity index (χ0v) is 9.74. The largest absolute Gasteiger partial charge is 0.382 e. The number of rotatable bonds is 7. The van der Waals surface area contributed by atoms with Gasteiger partial charge < -0.3 is 10.1 Å². The molecule has 86 valence electrons. The molecular weight excluding hydrogens is 186 g/mol. The van der Waals surface area contributed by atoms with E-state index < -0.39 is 0 Å². The predicted octanol–water partition coefficient (Wildman–Crippen LogP) is 2.21. The molecular formula is C13H23NO. The van der Waals surface area contributed by atoms with Crippen molar-refractivity contribution >= 4 is 0 Å². The van der Waals surface area contributed by atoms with Gasteiger partial charge in [0.15, 0.2) is 0 Å². The van der Waals surface area contributed by atoms with Gasteiger partial charge in [-0.3, -0.25) is 0 Å². The van der Waals surface area contributed by atoms with Crippen LogP contribution < -0.4 is 5.32 Å². The summed E-state index contributed by atoms with van der Waals surface area (Å²) in [6.07, 6.45) is 8.83. The minimum absolute atomic E-state index is 0.844. The molecule has 0 unspecified atom stereocenters. The Morgan fingerprint density at radius 2 is 2.27 bits per heavy atom. The van der Waals surface area contributed by atoms with Gasteiger partial charge in [-0.1, -0.05) is 12.2 Å². The normalized spacial score (nSPS) is 32.7. The van der Waals surface area contributed by atoms with Gasteiger partial charge in [-0.05, 0) is 57.0 Å². The van der Waals surface area contributed by atoms with E-state index in [4.69, 9.17) is 4.74 Å². The lowest BCUT2D eigenvalue weighted by Crippen LogP contribution is -2.26.